The van der Waals surface area contributed by atoms with Crippen molar-refractivity contribution >= 4 is 29.9 Å². The minimum atomic E-state index is -0.854. The standard InChI is InChI=1S/C19H19ClF2N2O.ClH/c1-11(12-9-23-10-12)19(25)24-18(14-4-2-3-5-16(14)20)15-8-13(21)6-7-17(15)22;/h2-8,11-12,18,23H,9-10H2,1H3,(H,24,25);1H. The zero-order chi connectivity index (χ0) is 18.0. The van der Waals surface area contributed by atoms with E-state index >= 15 is 0 Å². The van der Waals surface area contributed by atoms with Crippen molar-refractivity contribution in [1.29, 1.82) is 0 Å². The lowest BCUT2D eigenvalue weighted by Crippen LogP contribution is -2.50. The minimum absolute atomic E-state index is 0. The number of hydrogen-bond acceptors (Lipinski definition) is 2. The van der Waals surface area contributed by atoms with Crippen LogP contribution in [0.2, 0.25) is 5.02 Å². The number of halogens is 4. The summed E-state index contributed by atoms with van der Waals surface area (Å²) >= 11 is 6.25. The zero-order valence-corrected chi connectivity index (χ0v) is 15.7. The maximum absolute atomic E-state index is 14.4. The van der Waals surface area contributed by atoms with E-state index < -0.39 is 17.7 Å². The van der Waals surface area contributed by atoms with E-state index in [4.69, 9.17) is 11.6 Å². The lowest BCUT2D eigenvalue weighted by Gasteiger charge is -2.33. The van der Waals surface area contributed by atoms with E-state index in [1.165, 1.54) is 0 Å². The SMILES string of the molecule is CC(C(=O)NC(c1cc(F)ccc1F)c1ccccc1Cl)C1CNC1.Cl. The zero-order valence-electron chi connectivity index (χ0n) is 14.1. The summed E-state index contributed by atoms with van der Waals surface area (Å²) in [5, 5.41) is 6.36. The highest BCUT2D eigenvalue weighted by molar-refractivity contribution is 6.31. The lowest BCUT2D eigenvalue weighted by atomic mass is 9.87. The van der Waals surface area contributed by atoms with E-state index in [-0.39, 0.29) is 35.7 Å². The molecular weight excluding hydrogens is 381 g/mol. The van der Waals surface area contributed by atoms with Gasteiger partial charge in [0.2, 0.25) is 5.91 Å². The van der Waals surface area contributed by atoms with Crippen LogP contribution in [0.25, 0.3) is 0 Å². The second-order valence-corrected chi connectivity index (χ2v) is 6.74. The number of benzene rings is 2. The maximum Gasteiger partial charge on any atom is 0.223 e. The van der Waals surface area contributed by atoms with E-state index in [0.717, 1.165) is 31.3 Å². The van der Waals surface area contributed by atoms with Gasteiger partial charge in [-0.2, -0.15) is 0 Å². The summed E-state index contributed by atoms with van der Waals surface area (Å²) in [6.45, 7) is 3.39. The summed E-state index contributed by atoms with van der Waals surface area (Å²) < 4.78 is 28.0. The molecule has 0 spiro atoms. The third-order valence-corrected chi connectivity index (χ3v) is 5.05. The van der Waals surface area contributed by atoms with Crippen molar-refractivity contribution in [2.45, 2.75) is 13.0 Å². The molecule has 2 atom stereocenters. The van der Waals surface area contributed by atoms with Gasteiger partial charge in [0.05, 0.1) is 6.04 Å². The molecule has 2 aromatic carbocycles. The average molecular weight is 401 g/mol. The smallest absolute Gasteiger partial charge is 0.223 e. The molecule has 140 valence electrons. The normalized spacial score (nSPS) is 16.2. The number of hydrogen-bond donors (Lipinski definition) is 2. The molecule has 26 heavy (non-hydrogen) atoms. The van der Waals surface area contributed by atoms with Crippen LogP contribution in [-0.4, -0.2) is 19.0 Å². The fourth-order valence-electron chi connectivity index (χ4n) is 2.92. The molecule has 1 saturated heterocycles. The van der Waals surface area contributed by atoms with Crippen LogP contribution in [0.4, 0.5) is 8.78 Å². The molecule has 3 rings (SSSR count). The molecule has 1 amide bonds. The molecule has 3 nitrogen and oxygen atoms in total. The van der Waals surface area contributed by atoms with Gasteiger partial charge >= 0.3 is 0 Å². The number of carbonyl (C=O) groups is 1. The highest BCUT2D eigenvalue weighted by atomic mass is 35.5. The number of nitrogens with one attached hydrogen (secondary N) is 2. The Bertz CT molecular complexity index is 784. The van der Waals surface area contributed by atoms with E-state index in [1.54, 1.807) is 24.3 Å². The van der Waals surface area contributed by atoms with Gasteiger partial charge < -0.3 is 10.6 Å². The van der Waals surface area contributed by atoms with Crippen molar-refractivity contribution in [1.82, 2.24) is 10.6 Å². The molecule has 1 heterocycles. The Balaban J connectivity index is 0.00000243. The molecule has 0 radical (unpaired) electrons. The number of rotatable bonds is 5. The fourth-order valence-corrected chi connectivity index (χ4v) is 3.17. The minimum Gasteiger partial charge on any atom is -0.345 e. The van der Waals surface area contributed by atoms with E-state index in [0.29, 0.717) is 10.6 Å². The van der Waals surface area contributed by atoms with E-state index in [9.17, 15) is 13.6 Å². The van der Waals surface area contributed by atoms with Crippen molar-refractivity contribution in [2.24, 2.45) is 11.8 Å². The van der Waals surface area contributed by atoms with Gasteiger partial charge in [-0.25, -0.2) is 8.78 Å². The number of amides is 1. The predicted octanol–water partition coefficient (Wildman–Crippen LogP) is 4.10. The van der Waals surface area contributed by atoms with Crippen LogP contribution >= 0.6 is 24.0 Å². The van der Waals surface area contributed by atoms with Crippen molar-refractivity contribution in [3.05, 3.63) is 70.2 Å². The van der Waals surface area contributed by atoms with Crippen LogP contribution in [0.3, 0.4) is 0 Å². The first kappa shape index (κ1) is 20.6. The van der Waals surface area contributed by atoms with Gasteiger partial charge in [0.1, 0.15) is 11.6 Å². The van der Waals surface area contributed by atoms with Gasteiger partial charge in [-0.3, -0.25) is 4.79 Å². The molecule has 2 unspecified atom stereocenters. The van der Waals surface area contributed by atoms with Crippen LogP contribution in [0.1, 0.15) is 24.1 Å². The molecule has 1 fully saturated rings. The lowest BCUT2D eigenvalue weighted by molar-refractivity contribution is -0.127. The Morgan fingerprint density at radius 3 is 2.50 bits per heavy atom. The molecular formula is C19H20Cl2F2N2O. The molecule has 0 aromatic heterocycles. The Morgan fingerprint density at radius 1 is 1.19 bits per heavy atom. The van der Waals surface area contributed by atoms with Gasteiger partial charge in [0, 0.05) is 16.5 Å². The molecule has 2 aromatic rings. The molecule has 2 N–H and O–H groups in total. The van der Waals surface area contributed by atoms with Crippen molar-refractivity contribution in [2.75, 3.05) is 13.1 Å². The quantitative estimate of drug-likeness (QED) is 0.792. The summed E-state index contributed by atoms with van der Waals surface area (Å²) in [4.78, 5) is 12.6. The van der Waals surface area contributed by atoms with Gasteiger partial charge in [0.15, 0.2) is 0 Å². The Morgan fingerprint density at radius 2 is 1.88 bits per heavy atom. The summed E-state index contributed by atoms with van der Waals surface area (Å²) in [6.07, 6.45) is 0. The van der Waals surface area contributed by atoms with Crippen LogP contribution < -0.4 is 10.6 Å². The largest absolute Gasteiger partial charge is 0.345 e. The Hall–Kier alpha value is -1.69. The van der Waals surface area contributed by atoms with Crippen LogP contribution in [0.15, 0.2) is 42.5 Å². The molecule has 7 heteroatoms. The fraction of sp³-hybridized carbons (Fsp3) is 0.316. The predicted molar refractivity (Wildman–Crippen MR) is 101 cm³/mol. The Labute approximate surface area is 162 Å². The van der Waals surface area contributed by atoms with Crippen molar-refractivity contribution in [3.8, 4) is 0 Å². The van der Waals surface area contributed by atoms with Gasteiger partial charge in [0.25, 0.3) is 0 Å². The first-order chi connectivity index (χ1) is 12.0. The molecule has 0 saturated carbocycles. The van der Waals surface area contributed by atoms with Crippen molar-refractivity contribution < 1.29 is 13.6 Å². The van der Waals surface area contributed by atoms with E-state index in [1.807, 2.05) is 6.92 Å². The molecule has 0 bridgehead atoms. The van der Waals surface area contributed by atoms with Gasteiger partial charge in [-0.05, 0) is 48.8 Å². The second-order valence-electron chi connectivity index (χ2n) is 6.34. The number of carbonyl (C=O) groups excluding carboxylic acids is 1. The van der Waals surface area contributed by atoms with Crippen LogP contribution in [-0.2, 0) is 4.79 Å². The van der Waals surface area contributed by atoms with Gasteiger partial charge in [-0.1, -0.05) is 36.7 Å². The maximum atomic E-state index is 14.4. The highest BCUT2D eigenvalue weighted by Gasteiger charge is 2.31. The third-order valence-electron chi connectivity index (χ3n) is 4.71. The topological polar surface area (TPSA) is 41.1 Å². The van der Waals surface area contributed by atoms with Crippen LogP contribution in [0.5, 0.6) is 0 Å². The monoisotopic (exact) mass is 400 g/mol. The molecule has 1 aliphatic rings. The first-order valence-corrected chi connectivity index (χ1v) is 8.55. The second kappa shape index (κ2) is 8.80. The van der Waals surface area contributed by atoms with E-state index in [2.05, 4.69) is 10.6 Å². The summed E-state index contributed by atoms with van der Waals surface area (Å²) in [5.74, 6) is -1.37. The molecule has 0 aliphatic carbocycles. The van der Waals surface area contributed by atoms with Crippen molar-refractivity contribution in [3.63, 3.8) is 0 Å². The van der Waals surface area contributed by atoms with Gasteiger partial charge in [-0.15, -0.1) is 12.4 Å². The summed E-state index contributed by atoms with van der Waals surface area (Å²) in [7, 11) is 0. The Kier molecular flexibility index (Phi) is 6.98. The van der Waals surface area contributed by atoms with Crippen LogP contribution in [0, 0.1) is 23.5 Å². The first-order valence-electron chi connectivity index (χ1n) is 8.18. The molecule has 1 aliphatic heterocycles. The highest BCUT2D eigenvalue weighted by Crippen LogP contribution is 2.31. The summed E-state index contributed by atoms with van der Waals surface area (Å²) in [6, 6.07) is 9.20. The third kappa shape index (κ3) is 4.34. The average Bonchev–Trinajstić information content (AvgIpc) is 2.54. The summed E-state index contributed by atoms with van der Waals surface area (Å²) in [5.41, 5.74) is 0.585.